The second-order valence-electron chi connectivity index (χ2n) is 7.50. The Morgan fingerprint density at radius 3 is 2.50 bits per heavy atom. The molecule has 1 aromatic rings. The number of carbonyl (C=O) groups is 1. The summed E-state index contributed by atoms with van der Waals surface area (Å²) >= 11 is 0. The van der Waals surface area contributed by atoms with Crippen LogP contribution in [0.3, 0.4) is 0 Å². The van der Waals surface area contributed by atoms with Gasteiger partial charge >= 0.3 is 0 Å². The molecular weight excluding hydrogens is 378 g/mol. The molecule has 1 amide bonds. The maximum absolute atomic E-state index is 12.5. The molecule has 2 fully saturated rings. The van der Waals surface area contributed by atoms with Crippen LogP contribution in [0.1, 0.15) is 30.9 Å². The number of sulfonamides is 1. The first-order valence-corrected chi connectivity index (χ1v) is 11.7. The van der Waals surface area contributed by atoms with E-state index in [1.165, 1.54) is 9.87 Å². The van der Waals surface area contributed by atoms with E-state index in [9.17, 15) is 13.2 Å². The molecule has 0 bridgehead atoms. The van der Waals surface area contributed by atoms with E-state index in [0.717, 1.165) is 38.4 Å². The number of nitrogens with zero attached hydrogens (tertiary/aromatic N) is 2. The van der Waals surface area contributed by atoms with Crippen LogP contribution in [0.4, 0.5) is 0 Å². The first kappa shape index (κ1) is 21.2. The molecule has 2 aliphatic heterocycles. The molecule has 2 heterocycles. The first-order chi connectivity index (χ1) is 13.5. The molecule has 0 spiro atoms. The second-order valence-corrected chi connectivity index (χ2v) is 9.76. The summed E-state index contributed by atoms with van der Waals surface area (Å²) in [7, 11) is -3.15. The molecule has 1 N–H and O–H groups in total. The van der Waals surface area contributed by atoms with Crippen molar-refractivity contribution < 1.29 is 17.9 Å². The molecule has 0 saturated carbocycles. The van der Waals surface area contributed by atoms with Crippen molar-refractivity contribution in [2.45, 2.75) is 32.9 Å². The number of benzene rings is 1. The van der Waals surface area contributed by atoms with Crippen LogP contribution in [0.2, 0.25) is 0 Å². The fourth-order valence-electron chi connectivity index (χ4n) is 3.77. The topological polar surface area (TPSA) is 79.0 Å². The van der Waals surface area contributed by atoms with Crippen LogP contribution >= 0.6 is 0 Å². The molecule has 1 aromatic carbocycles. The highest BCUT2D eigenvalue weighted by molar-refractivity contribution is 7.89. The zero-order valence-corrected chi connectivity index (χ0v) is 17.4. The van der Waals surface area contributed by atoms with Crippen molar-refractivity contribution in [1.82, 2.24) is 14.5 Å². The van der Waals surface area contributed by atoms with E-state index in [4.69, 9.17) is 4.74 Å². The lowest BCUT2D eigenvalue weighted by Crippen LogP contribution is -2.43. The average molecular weight is 410 g/mol. The predicted molar refractivity (Wildman–Crippen MR) is 108 cm³/mol. The van der Waals surface area contributed by atoms with Gasteiger partial charge in [-0.05, 0) is 30.9 Å². The second kappa shape index (κ2) is 9.82. The Balaban J connectivity index is 1.46. The van der Waals surface area contributed by atoms with Gasteiger partial charge in [0.2, 0.25) is 15.9 Å². The SMILES string of the molecule is CCS(=O)(=O)N1CCC(C(=O)NCc2cccc(CN3CCOCC3)c2)CC1. The van der Waals surface area contributed by atoms with Crippen LogP contribution in [0.25, 0.3) is 0 Å². The van der Waals surface area contributed by atoms with E-state index in [-0.39, 0.29) is 17.6 Å². The standard InChI is InChI=1S/C20H31N3O4S/c1-2-28(25,26)23-8-6-19(7-9-23)20(24)21-15-17-4-3-5-18(14-17)16-22-10-12-27-13-11-22/h3-5,14,19H,2,6-13,15-16H2,1H3,(H,21,24). The van der Waals surface area contributed by atoms with Crippen LogP contribution in [-0.4, -0.2) is 68.7 Å². The monoisotopic (exact) mass is 409 g/mol. The van der Waals surface area contributed by atoms with Crippen molar-refractivity contribution in [3.05, 3.63) is 35.4 Å². The molecule has 0 aromatic heterocycles. The summed E-state index contributed by atoms with van der Waals surface area (Å²) in [5.41, 5.74) is 2.33. The highest BCUT2D eigenvalue weighted by atomic mass is 32.2. The summed E-state index contributed by atoms with van der Waals surface area (Å²) < 4.78 is 30.8. The Labute approximate surface area is 168 Å². The number of piperidine rings is 1. The minimum atomic E-state index is -3.15. The quantitative estimate of drug-likeness (QED) is 0.732. The average Bonchev–Trinajstić information content (AvgIpc) is 2.73. The molecule has 2 saturated heterocycles. The largest absolute Gasteiger partial charge is 0.379 e. The molecule has 0 atom stereocenters. The molecule has 0 unspecified atom stereocenters. The third kappa shape index (κ3) is 5.76. The van der Waals surface area contributed by atoms with Gasteiger partial charge < -0.3 is 10.1 Å². The Morgan fingerprint density at radius 1 is 1.14 bits per heavy atom. The van der Waals surface area contributed by atoms with E-state index < -0.39 is 10.0 Å². The van der Waals surface area contributed by atoms with Gasteiger partial charge in [-0.25, -0.2) is 12.7 Å². The van der Waals surface area contributed by atoms with E-state index in [2.05, 4.69) is 22.3 Å². The van der Waals surface area contributed by atoms with Crippen molar-refractivity contribution in [2.24, 2.45) is 5.92 Å². The number of carbonyl (C=O) groups excluding carboxylic acids is 1. The van der Waals surface area contributed by atoms with E-state index >= 15 is 0 Å². The van der Waals surface area contributed by atoms with Crippen LogP contribution in [0.15, 0.2) is 24.3 Å². The first-order valence-electron chi connectivity index (χ1n) is 10.1. The molecule has 8 heteroatoms. The van der Waals surface area contributed by atoms with Crippen LogP contribution < -0.4 is 5.32 Å². The summed E-state index contributed by atoms with van der Waals surface area (Å²) in [6, 6.07) is 8.32. The highest BCUT2D eigenvalue weighted by Crippen LogP contribution is 2.20. The Hall–Kier alpha value is -1.48. The fourth-order valence-corrected chi connectivity index (χ4v) is 4.90. The Bertz CT molecular complexity index is 754. The molecule has 3 rings (SSSR count). The summed E-state index contributed by atoms with van der Waals surface area (Å²) in [5.74, 6) is 0.0250. The lowest BCUT2D eigenvalue weighted by molar-refractivity contribution is -0.126. The van der Waals surface area contributed by atoms with Gasteiger partial charge in [0, 0.05) is 45.2 Å². The van der Waals surface area contributed by atoms with Gasteiger partial charge in [-0.2, -0.15) is 0 Å². The molecule has 156 valence electrons. The minimum Gasteiger partial charge on any atom is -0.379 e. The smallest absolute Gasteiger partial charge is 0.223 e. The number of nitrogens with one attached hydrogen (secondary N) is 1. The lowest BCUT2D eigenvalue weighted by Gasteiger charge is -2.30. The lowest BCUT2D eigenvalue weighted by atomic mass is 9.97. The van der Waals surface area contributed by atoms with Crippen molar-refractivity contribution in [3.8, 4) is 0 Å². The number of morpholine rings is 1. The van der Waals surface area contributed by atoms with Gasteiger partial charge in [0.25, 0.3) is 0 Å². The predicted octanol–water partition coefficient (Wildman–Crippen LogP) is 1.20. The summed E-state index contributed by atoms with van der Waals surface area (Å²) in [6.07, 6.45) is 1.17. The summed E-state index contributed by atoms with van der Waals surface area (Å²) in [4.78, 5) is 14.9. The van der Waals surface area contributed by atoms with Gasteiger partial charge in [0.1, 0.15) is 0 Å². The van der Waals surface area contributed by atoms with Crippen molar-refractivity contribution >= 4 is 15.9 Å². The van der Waals surface area contributed by atoms with E-state index in [1.54, 1.807) is 6.92 Å². The number of rotatable bonds is 7. The molecule has 2 aliphatic rings. The zero-order valence-electron chi connectivity index (χ0n) is 16.6. The van der Waals surface area contributed by atoms with Crippen molar-refractivity contribution in [2.75, 3.05) is 45.1 Å². The Kier molecular flexibility index (Phi) is 7.45. The third-order valence-electron chi connectivity index (χ3n) is 5.55. The maximum atomic E-state index is 12.5. The van der Waals surface area contributed by atoms with Crippen molar-refractivity contribution in [3.63, 3.8) is 0 Å². The van der Waals surface area contributed by atoms with Gasteiger partial charge in [0.05, 0.1) is 19.0 Å². The third-order valence-corrected chi connectivity index (χ3v) is 7.43. The number of ether oxygens (including phenoxy) is 1. The van der Waals surface area contributed by atoms with Gasteiger partial charge in [-0.3, -0.25) is 9.69 Å². The summed E-state index contributed by atoms with van der Waals surface area (Å²) in [6.45, 7) is 7.40. The molecular formula is C20H31N3O4S. The van der Waals surface area contributed by atoms with Crippen LogP contribution in [-0.2, 0) is 32.6 Å². The van der Waals surface area contributed by atoms with Crippen LogP contribution in [0, 0.1) is 5.92 Å². The normalized spacial score (nSPS) is 20.2. The van der Waals surface area contributed by atoms with E-state index in [1.807, 2.05) is 12.1 Å². The highest BCUT2D eigenvalue weighted by Gasteiger charge is 2.29. The molecule has 28 heavy (non-hydrogen) atoms. The van der Waals surface area contributed by atoms with Gasteiger partial charge in [-0.1, -0.05) is 24.3 Å². The number of amides is 1. The van der Waals surface area contributed by atoms with Gasteiger partial charge in [-0.15, -0.1) is 0 Å². The fraction of sp³-hybridized carbons (Fsp3) is 0.650. The molecule has 7 nitrogen and oxygen atoms in total. The van der Waals surface area contributed by atoms with Gasteiger partial charge in [0.15, 0.2) is 0 Å². The van der Waals surface area contributed by atoms with Crippen LogP contribution in [0.5, 0.6) is 0 Å². The number of hydrogen-bond donors (Lipinski definition) is 1. The zero-order chi connectivity index (χ0) is 20.0. The van der Waals surface area contributed by atoms with E-state index in [0.29, 0.717) is 32.5 Å². The minimum absolute atomic E-state index is 0.0205. The Morgan fingerprint density at radius 2 is 1.82 bits per heavy atom. The maximum Gasteiger partial charge on any atom is 0.223 e. The number of hydrogen-bond acceptors (Lipinski definition) is 5. The molecule has 0 aliphatic carbocycles. The molecule has 0 radical (unpaired) electrons. The van der Waals surface area contributed by atoms with Crippen molar-refractivity contribution in [1.29, 1.82) is 0 Å². The summed E-state index contributed by atoms with van der Waals surface area (Å²) in [5, 5.41) is 3.03.